The molecule has 0 aliphatic carbocycles. The third-order valence-corrected chi connectivity index (χ3v) is 5.15. The molecule has 2 aliphatic heterocycles. The molecule has 2 saturated heterocycles. The average Bonchev–Trinajstić information content (AvgIpc) is 3.12. The third-order valence-electron chi connectivity index (χ3n) is 5.15. The first-order valence-corrected chi connectivity index (χ1v) is 9.58. The second kappa shape index (κ2) is 7.28. The quantitative estimate of drug-likeness (QED) is 0.727. The average molecular weight is 397 g/mol. The molecule has 29 heavy (non-hydrogen) atoms. The molecular formula is C19H20FN7O2. The zero-order valence-corrected chi connectivity index (χ0v) is 15.7. The van der Waals surface area contributed by atoms with E-state index in [1.54, 1.807) is 33.9 Å². The van der Waals surface area contributed by atoms with Crippen LogP contribution in [0.15, 0.2) is 30.6 Å². The minimum atomic E-state index is -0.427. The van der Waals surface area contributed by atoms with Gasteiger partial charge in [0.2, 0.25) is 0 Å². The number of imidazole rings is 1. The van der Waals surface area contributed by atoms with Gasteiger partial charge >= 0.3 is 6.03 Å². The molecule has 2 aliphatic rings. The van der Waals surface area contributed by atoms with E-state index in [4.69, 9.17) is 4.74 Å². The SMILES string of the molecule is O=C(Nc1ccc(F)c(-c2cn3nc(N4CCOCC4)cnc3n2)c1)N1CCC1. The normalized spacial score (nSPS) is 16.7. The summed E-state index contributed by atoms with van der Waals surface area (Å²) in [6, 6.07) is 4.27. The first-order chi connectivity index (χ1) is 14.2. The first kappa shape index (κ1) is 17.8. The number of ether oxygens (including phenoxy) is 1. The molecule has 1 N–H and O–H groups in total. The van der Waals surface area contributed by atoms with Crippen LogP contribution >= 0.6 is 0 Å². The van der Waals surface area contributed by atoms with Gasteiger partial charge < -0.3 is 19.9 Å². The number of halogens is 1. The molecule has 0 atom stereocenters. The summed E-state index contributed by atoms with van der Waals surface area (Å²) in [5.74, 6) is 0.677. The Morgan fingerprint density at radius 3 is 2.76 bits per heavy atom. The van der Waals surface area contributed by atoms with Gasteiger partial charge in [0.1, 0.15) is 5.82 Å². The molecule has 2 amide bonds. The van der Waals surface area contributed by atoms with Crippen LogP contribution < -0.4 is 10.2 Å². The highest BCUT2D eigenvalue weighted by Gasteiger charge is 2.21. The first-order valence-electron chi connectivity index (χ1n) is 9.58. The summed E-state index contributed by atoms with van der Waals surface area (Å²) < 4.78 is 21.4. The van der Waals surface area contributed by atoms with Crippen LogP contribution in [0.4, 0.5) is 20.7 Å². The number of hydrogen-bond acceptors (Lipinski definition) is 6. The number of likely N-dealkylation sites (tertiary alicyclic amines) is 1. The molecule has 0 unspecified atom stereocenters. The van der Waals surface area contributed by atoms with E-state index in [0.717, 1.165) is 38.4 Å². The number of urea groups is 1. The number of morpholine rings is 1. The fourth-order valence-corrected chi connectivity index (χ4v) is 3.36. The van der Waals surface area contributed by atoms with Crippen LogP contribution in [0.25, 0.3) is 17.0 Å². The molecule has 3 aromatic rings. The number of amides is 2. The number of carbonyl (C=O) groups excluding carboxylic acids is 1. The number of anilines is 2. The van der Waals surface area contributed by atoms with Gasteiger partial charge in [0.05, 0.1) is 31.3 Å². The van der Waals surface area contributed by atoms with E-state index in [9.17, 15) is 9.18 Å². The molecule has 150 valence electrons. The van der Waals surface area contributed by atoms with Gasteiger partial charge in [-0.25, -0.2) is 23.7 Å². The number of carbonyl (C=O) groups is 1. The summed E-state index contributed by atoms with van der Waals surface area (Å²) in [7, 11) is 0. The fraction of sp³-hybridized carbons (Fsp3) is 0.368. The van der Waals surface area contributed by atoms with Crippen molar-refractivity contribution >= 4 is 23.3 Å². The van der Waals surface area contributed by atoms with Gasteiger partial charge in [-0.3, -0.25) is 0 Å². The van der Waals surface area contributed by atoms with Crippen LogP contribution in [0.5, 0.6) is 0 Å². The number of aromatic nitrogens is 4. The lowest BCUT2D eigenvalue weighted by atomic mass is 10.1. The summed E-state index contributed by atoms with van der Waals surface area (Å²) in [6.07, 6.45) is 4.32. The van der Waals surface area contributed by atoms with E-state index in [1.165, 1.54) is 6.07 Å². The van der Waals surface area contributed by atoms with Crippen molar-refractivity contribution in [3.8, 4) is 11.3 Å². The largest absolute Gasteiger partial charge is 0.378 e. The second-order valence-corrected chi connectivity index (χ2v) is 7.05. The van der Waals surface area contributed by atoms with E-state index in [2.05, 4.69) is 25.3 Å². The monoisotopic (exact) mass is 397 g/mol. The lowest BCUT2D eigenvalue weighted by Crippen LogP contribution is -2.44. The summed E-state index contributed by atoms with van der Waals surface area (Å²) >= 11 is 0. The van der Waals surface area contributed by atoms with Crippen LogP contribution in [-0.4, -0.2) is 69.9 Å². The van der Waals surface area contributed by atoms with Gasteiger partial charge in [0.15, 0.2) is 5.82 Å². The zero-order valence-electron chi connectivity index (χ0n) is 15.7. The summed E-state index contributed by atoms with van der Waals surface area (Å²) in [6.45, 7) is 4.28. The molecule has 1 aromatic carbocycles. The predicted octanol–water partition coefficient (Wildman–Crippen LogP) is 2.00. The van der Waals surface area contributed by atoms with Crippen molar-refractivity contribution in [1.82, 2.24) is 24.5 Å². The molecule has 0 bridgehead atoms. The van der Waals surface area contributed by atoms with Gasteiger partial charge in [0.25, 0.3) is 5.78 Å². The van der Waals surface area contributed by atoms with E-state index < -0.39 is 5.82 Å². The topological polar surface area (TPSA) is 87.9 Å². The minimum absolute atomic E-state index is 0.178. The Hall–Kier alpha value is -3.27. The summed E-state index contributed by atoms with van der Waals surface area (Å²) in [4.78, 5) is 24.7. The van der Waals surface area contributed by atoms with E-state index >= 15 is 0 Å². The van der Waals surface area contributed by atoms with Gasteiger partial charge in [-0.2, -0.15) is 0 Å². The molecule has 9 nitrogen and oxygen atoms in total. The van der Waals surface area contributed by atoms with Crippen LogP contribution in [0.2, 0.25) is 0 Å². The Morgan fingerprint density at radius 2 is 2.00 bits per heavy atom. The number of nitrogens with zero attached hydrogens (tertiary/aromatic N) is 6. The molecular weight excluding hydrogens is 377 g/mol. The highest BCUT2D eigenvalue weighted by Crippen LogP contribution is 2.26. The Kier molecular flexibility index (Phi) is 4.47. The number of fused-ring (bicyclic) bond motifs is 1. The van der Waals surface area contributed by atoms with Gasteiger partial charge in [0, 0.05) is 37.4 Å². The molecule has 5 rings (SSSR count). The van der Waals surface area contributed by atoms with Gasteiger partial charge in [-0.15, -0.1) is 5.10 Å². The van der Waals surface area contributed by atoms with Gasteiger partial charge in [-0.05, 0) is 24.6 Å². The standard InChI is InChI=1S/C19H20FN7O2/c20-15-3-2-13(22-19(28)26-4-1-5-26)10-14(15)16-12-27-18(23-16)21-11-17(24-27)25-6-8-29-9-7-25/h2-3,10-12H,1,4-9H2,(H,22,28). The molecule has 0 spiro atoms. The van der Waals surface area contributed by atoms with Crippen molar-refractivity contribution in [2.75, 3.05) is 49.6 Å². The highest BCUT2D eigenvalue weighted by molar-refractivity contribution is 5.90. The van der Waals surface area contributed by atoms with E-state index in [0.29, 0.717) is 30.4 Å². The number of nitrogens with one attached hydrogen (secondary N) is 1. The second-order valence-electron chi connectivity index (χ2n) is 7.05. The van der Waals surface area contributed by atoms with Crippen molar-refractivity contribution in [2.24, 2.45) is 0 Å². The van der Waals surface area contributed by atoms with Crippen LogP contribution in [0.3, 0.4) is 0 Å². The van der Waals surface area contributed by atoms with E-state index in [-0.39, 0.29) is 11.6 Å². The van der Waals surface area contributed by atoms with Crippen LogP contribution in [-0.2, 0) is 4.74 Å². The zero-order chi connectivity index (χ0) is 19.8. The maximum atomic E-state index is 14.5. The van der Waals surface area contributed by atoms with Crippen molar-refractivity contribution in [3.63, 3.8) is 0 Å². The lowest BCUT2D eigenvalue weighted by Gasteiger charge is -2.30. The minimum Gasteiger partial charge on any atom is -0.378 e. The van der Waals surface area contributed by atoms with Crippen molar-refractivity contribution in [1.29, 1.82) is 0 Å². The van der Waals surface area contributed by atoms with Crippen LogP contribution in [0.1, 0.15) is 6.42 Å². The van der Waals surface area contributed by atoms with Crippen LogP contribution in [0, 0.1) is 5.82 Å². The smallest absolute Gasteiger partial charge is 0.321 e. The maximum Gasteiger partial charge on any atom is 0.321 e. The van der Waals surface area contributed by atoms with E-state index in [1.807, 2.05) is 0 Å². The van der Waals surface area contributed by atoms with Gasteiger partial charge in [-0.1, -0.05) is 0 Å². The fourth-order valence-electron chi connectivity index (χ4n) is 3.36. The van der Waals surface area contributed by atoms with Crippen molar-refractivity contribution in [2.45, 2.75) is 6.42 Å². The van der Waals surface area contributed by atoms with Crippen molar-refractivity contribution in [3.05, 3.63) is 36.4 Å². The summed E-state index contributed by atoms with van der Waals surface area (Å²) in [5, 5.41) is 7.35. The van der Waals surface area contributed by atoms with Crippen molar-refractivity contribution < 1.29 is 13.9 Å². The lowest BCUT2D eigenvalue weighted by molar-refractivity contribution is 0.122. The molecule has 0 radical (unpaired) electrons. The predicted molar refractivity (Wildman–Crippen MR) is 104 cm³/mol. The molecule has 4 heterocycles. The molecule has 2 fully saturated rings. The Bertz CT molecular complexity index is 1060. The maximum absolute atomic E-state index is 14.5. The molecule has 2 aromatic heterocycles. The number of rotatable bonds is 3. The third kappa shape index (κ3) is 3.46. The highest BCUT2D eigenvalue weighted by atomic mass is 19.1. The Labute approximate surface area is 166 Å². The molecule has 0 saturated carbocycles. The number of hydrogen-bond donors (Lipinski definition) is 1. The Balaban J connectivity index is 1.43. The Morgan fingerprint density at radius 1 is 1.17 bits per heavy atom. The number of benzene rings is 1. The summed E-state index contributed by atoms with van der Waals surface area (Å²) in [5.41, 5.74) is 1.21. The molecule has 10 heteroatoms.